The van der Waals surface area contributed by atoms with E-state index >= 15 is 0 Å². The Balaban J connectivity index is 1.82. The van der Waals surface area contributed by atoms with Gasteiger partial charge in [-0.1, -0.05) is 6.07 Å². The van der Waals surface area contributed by atoms with Crippen molar-refractivity contribution in [1.82, 2.24) is 10.2 Å². The van der Waals surface area contributed by atoms with Gasteiger partial charge in [0.25, 0.3) is 11.1 Å². The molecular weight excluding hydrogens is 338 g/mol. The van der Waals surface area contributed by atoms with E-state index in [9.17, 15) is 10.1 Å². The van der Waals surface area contributed by atoms with Crippen LogP contribution in [0.5, 0.6) is 5.75 Å². The van der Waals surface area contributed by atoms with E-state index in [4.69, 9.17) is 9.15 Å². The van der Waals surface area contributed by atoms with Crippen LogP contribution in [0.25, 0.3) is 10.8 Å². The van der Waals surface area contributed by atoms with Crippen molar-refractivity contribution in [2.45, 2.75) is 17.0 Å². The number of hydrogen-bond acceptors (Lipinski definition) is 8. The highest BCUT2D eigenvalue weighted by molar-refractivity contribution is 7.99. The number of ether oxygens (including phenoxy) is 1. The molecule has 1 aromatic carbocycles. The van der Waals surface area contributed by atoms with Crippen molar-refractivity contribution >= 4 is 28.8 Å². The van der Waals surface area contributed by atoms with Crippen LogP contribution in [0.4, 0.5) is 5.69 Å². The number of aromatic nitrogens is 2. The monoisotopic (exact) mass is 349 g/mol. The first-order valence-corrected chi connectivity index (χ1v) is 8.33. The van der Waals surface area contributed by atoms with Gasteiger partial charge >= 0.3 is 5.69 Å². The molecule has 118 valence electrons. The molecule has 0 saturated heterocycles. The normalized spacial score (nSPS) is 10.7. The zero-order chi connectivity index (χ0) is 16.2. The standard InChI is InChI=1S/C14H11N3O4S2/c1-2-20-11-8-9(5-6-10(11)17(18)19)23-14-16-15-13(21-14)12-4-3-7-22-12/h3-8H,2H2,1H3. The third-order valence-corrected chi connectivity index (χ3v) is 4.46. The number of hydrogen-bond donors (Lipinski definition) is 0. The molecule has 9 heteroatoms. The molecule has 2 aromatic heterocycles. The second-order valence-electron chi connectivity index (χ2n) is 4.27. The predicted octanol–water partition coefficient (Wildman–Crippen LogP) is 4.26. The highest BCUT2D eigenvalue weighted by Gasteiger charge is 2.17. The average molecular weight is 349 g/mol. The summed E-state index contributed by atoms with van der Waals surface area (Å²) >= 11 is 2.74. The van der Waals surface area contributed by atoms with Gasteiger partial charge in [-0.2, -0.15) is 0 Å². The molecule has 0 N–H and O–H groups in total. The zero-order valence-electron chi connectivity index (χ0n) is 12.0. The third kappa shape index (κ3) is 3.51. The van der Waals surface area contributed by atoms with Gasteiger partial charge in [-0.3, -0.25) is 10.1 Å². The maximum Gasteiger partial charge on any atom is 0.310 e. The van der Waals surface area contributed by atoms with E-state index in [0.717, 1.165) is 9.77 Å². The molecule has 2 heterocycles. The molecule has 0 fully saturated rings. The number of rotatable bonds is 6. The summed E-state index contributed by atoms with van der Waals surface area (Å²) in [5.41, 5.74) is -0.0685. The van der Waals surface area contributed by atoms with E-state index in [1.54, 1.807) is 19.1 Å². The van der Waals surface area contributed by atoms with Crippen LogP contribution in [0.1, 0.15) is 6.92 Å². The zero-order valence-corrected chi connectivity index (χ0v) is 13.6. The van der Waals surface area contributed by atoms with Crippen LogP contribution in [0.2, 0.25) is 0 Å². The summed E-state index contributed by atoms with van der Waals surface area (Å²) in [4.78, 5) is 12.1. The minimum absolute atomic E-state index is 0.0685. The number of nitro benzene ring substituents is 1. The molecule has 0 atom stereocenters. The first kappa shape index (κ1) is 15.5. The molecule has 0 saturated carbocycles. The number of nitrogens with zero attached hydrogens (tertiary/aromatic N) is 3. The topological polar surface area (TPSA) is 91.3 Å². The minimum Gasteiger partial charge on any atom is -0.487 e. The van der Waals surface area contributed by atoms with Gasteiger partial charge in [0.05, 0.1) is 16.4 Å². The van der Waals surface area contributed by atoms with Gasteiger partial charge in [0.15, 0.2) is 5.75 Å². The number of thiophene rings is 1. The van der Waals surface area contributed by atoms with Crippen molar-refractivity contribution in [3.63, 3.8) is 0 Å². The van der Waals surface area contributed by atoms with Crippen LogP contribution in [-0.2, 0) is 0 Å². The number of benzene rings is 1. The van der Waals surface area contributed by atoms with Crippen LogP contribution in [0.15, 0.2) is 50.2 Å². The van der Waals surface area contributed by atoms with E-state index in [2.05, 4.69) is 10.2 Å². The summed E-state index contributed by atoms with van der Waals surface area (Å²) in [6.45, 7) is 2.12. The molecule has 0 bridgehead atoms. The van der Waals surface area contributed by atoms with Crippen molar-refractivity contribution in [2.75, 3.05) is 6.61 Å². The Morgan fingerprint density at radius 1 is 1.39 bits per heavy atom. The Morgan fingerprint density at radius 3 is 2.96 bits per heavy atom. The van der Waals surface area contributed by atoms with Crippen LogP contribution in [0, 0.1) is 10.1 Å². The maximum absolute atomic E-state index is 11.0. The molecule has 3 rings (SSSR count). The largest absolute Gasteiger partial charge is 0.487 e. The molecule has 0 unspecified atom stereocenters. The fourth-order valence-electron chi connectivity index (χ4n) is 1.83. The SMILES string of the molecule is CCOc1cc(Sc2nnc(-c3cccs3)o2)ccc1[N+](=O)[O-]. The second-order valence-corrected chi connectivity index (χ2v) is 6.24. The van der Waals surface area contributed by atoms with E-state index in [0.29, 0.717) is 17.7 Å². The van der Waals surface area contributed by atoms with E-state index < -0.39 is 4.92 Å². The minimum atomic E-state index is -0.471. The maximum atomic E-state index is 11.0. The summed E-state index contributed by atoms with van der Waals surface area (Å²) in [5, 5.41) is 21.2. The van der Waals surface area contributed by atoms with Crippen LogP contribution in [-0.4, -0.2) is 21.7 Å². The predicted molar refractivity (Wildman–Crippen MR) is 86.0 cm³/mol. The van der Waals surface area contributed by atoms with Gasteiger partial charge < -0.3 is 9.15 Å². The molecular formula is C14H11N3O4S2. The van der Waals surface area contributed by atoms with E-state index in [-0.39, 0.29) is 11.4 Å². The Kier molecular flexibility index (Phi) is 4.58. The summed E-state index contributed by atoms with van der Waals surface area (Å²) < 4.78 is 10.9. The molecule has 0 spiro atoms. The third-order valence-electron chi connectivity index (χ3n) is 2.77. The van der Waals surface area contributed by atoms with Crippen molar-refractivity contribution in [3.05, 3.63) is 45.8 Å². The van der Waals surface area contributed by atoms with Gasteiger partial charge in [0.1, 0.15) is 0 Å². The fourth-order valence-corrected chi connectivity index (χ4v) is 3.18. The highest BCUT2D eigenvalue weighted by atomic mass is 32.2. The summed E-state index contributed by atoms with van der Waals surface area (Å²) in [5.74, 6) is 0.676. The lowest BCUT2D eigenvalue weighted by Crippen LogP contribution is -1.97. The molecule has 0 aliphatic rings. The lowest BCUT2D eigenvalue weighted by molar-refractivity contribution is -0.385. The Hall–Kier alpha value is -2.39. The molecule has 23 heavy (non-hydrogen) atoms. The van der Waals surface area contributed by atoms with E-state index in [1.165, 1.54) is 29.2 Å². The highest BCUT2D eigenvalue weighted by Crippen LogP contribution is 2.36. The quantitative estimate of drug-likeness (QED) is 0.485. The lowest BCUT2D eigenvalue weighted by atomic mass is 10.3. The van der Waals surface area contributed by atoms with Crippen molar-refractivity contribution in [1.29, 1.82) is 0 Å². The Bertz CT molecular complexity index is 817. The molecule has 0 aliphatic carbocycles. The van der Waals surface area contributed by atoms with Gasteiger partial charge in [-0.15, -0.1) is 21.5 Å². The van der Waals surface area contributed by atoms with Crippen LogP contribution >= 0.6 is 23.1 Å². The van der Waals surface area contributed by atoms with Crippen LogP contribution in [0.3, 0.4) is 0 Å². The van der Waals surface area contributed by atoms with Crippen molar-refractivity contribution in [2.24, 2.45) is 0 Å². The molecule has 0 aliphatic heterocycles. The Morgan fingerprint density at radius 2 is 2.26 bits per heavy atom. The first-order chi connectivity index (χ1) is 11.2. The van der Waals surface area contributed by atoms with Crippen molar-refractivity contribution in [3.8, 4) is 16.5 Å². The van der Waals surface area contributed by atoms with Gasteiger partial charge in [-0.05, 0) is 36.2 Å². The summed E-state index contributed by atoms with van der Waals surface area (Å²) in [6, 6.07) is 8.43. The summed E-state index contributed by atoms with van der Waals surface area (Å²) in [7, 11) is 0. The smallest absolute Gasteiger partial charge is 0.310 e. The van der Waals surface area contributed by atoms with Crippen LogP contribution < -0.4 is 4.74 Å². The Labute approximate surface area is 139 Å². The molecule has 7 nitrogen and oxygen atoms in total. The fraction of sp³-hybridized carbons (Fsp3) is 0.143. The summed E-state index contributed by atoms with van der Waals surface area (Å²) in [6.07, 6.45) is 0. The van der Waals surface area contributed by atoms with Gasteiger partial charge in [0.2, 0.25) is 0 Å². The first-order valence-electron chi connectivity index (χ1n) is 6.64. The number of nitro groups is 1. The van der Waals surface area contributed by atoms with Crippen molar-refractivity contribution < 1.29 is 14.1 Å². The second kappa shape index (κ2) is 6.80. The lowest BCUT2D eigenvalue weighted by Gasteiger charge is -2.05. The van der Waals surface area contributed by atoms with Gasteiger partial charge in [0, 0.05) is 17.0 Å². The van der Waals surface area contributed by atoms with E-state index in [1.807, 2.05) is 17.5 Å². The van der Waals surface area contributed by atoms with Gasteiger partial charge in [-0.25, -0.2) is 0 Å². The molecule has 0 amide bonds. The molecule has 3 aromatic rings. The average Bonchev–Trinajstić information content (AvgIpc) is 3.18. The molecule has 0 radical (unpaired) electrons.